The molecule has 2 nitrogen and oxygen atoms in total. The molecule has 56 valence electrons. The summed E-state index contributed by atoms with van der Waals surface area (Å²) in [7, 11) is 4.01. The van der Waals surface area contributed by atoms with Gasteiger partial charge in [-0.25, -0.2) is 0 Å². The Morgan fingerprint density at radius 2 is 1.90 bits per heavy atom. The monoisotopic (exact) mass is 188 g/mol. The first-order valence-corrected chi connectivity index (χ1v) is 3.53. The first-order valence-electron chi connectivity index (χ1n) is 2.59. The fourth-order valence-electron chi connectivity index (χ4n) is 0.258. The van der Waals surface area contributed by atoms with Gasteiger partial charge in [0.25, 0.3) is 0 Å². The van der Waals surface area contributed by atoms with Crippen LogP contribution in [-0.4, -0.2) is 36.8 Å². The van der Waals surface area contributed by atoms with Crippen molar-refractivity contribution in [1.82, 2.24) is 4.90 Å². The van der Waals surface area contributed by atoms with Crippen LogP contribution < -0.4 is 35.3 Å². The molecule has 0 atom stereocenters. The number of nitrogens with two attached hydrogens (primary N) is 1. The summed E-state index contributed by atoms with van der Waals surface area (Å²) in [5.41, 5.74) is 5.19. The molecule has 10 heavy (non-hydrogen) atoms. The van der Waals surface area contributed by atoms with Gasteiger partial charge in [-0.1, -0.05) is 0 Å². The van der Waals surface area contributed by atoms with Crippen molar-refractivity contribution in [3.8, 4) is 0 Å². The van der Waals surface area contributed by atoms with Crippen molar-refractivity contribution in [3.05, 3.63) is 0 Å². The molecule has 0 saturated carbocycles. The molecule has 0 radical (unpaired) electrons. The number of likely N-dealkylation sites (N-methyl/N-ethyl adjacent to an activating group) is 1. The second-order valence-electron chi connectivity index (χ2n) is 1.69. The summed E-state index contributed by atoms with van der Waals surface area (Å²) < 4.78 is 1.17. The van der Waals surface area contributed by atoms with Crippen LogP contribution >= 0.6 is 12.2 Å². The van der Waals surface area contributed by atoms with Gasteiger partial charge in [0.1, 0.15) is 0 Å². The zero-order valence-corrected chi connectivity index (χ0v) is 10.5. The Kier molecular flexibility index (Phi) is 28.9. The minimum Gasteiger partial charge on any atom is -0.436 e. The zero-order chi connectivity index (χ0) is 7.70. The fraction of sp³-hybridized carbons (Fsp3) is 0.800. The van der Waals surface area contributed by atoms with Crippen LogP contribution in [0.1, 0.15) is 0 Å². The minimum absolute atomic E-state index is 0. The molecule has 0 unspecified atom stereocenters. The van der Waals surface area contributed by atoms with Gasteiger partial charge < -0.3 is 35.5 Å². The molecule has 0 amide bonds. The van der Waals surface area contributed by atoms with Gasteiger partial charge in [-0.15, -0.1) is 0 Å². The third-order valence-corrected chi connectivity index (χ3v) is 0.576. The number of nitrogens with zero attached hydrogens (tertiary/aromatic N) is 1. The minimum atomic E-state index is 0. The summed E-state index contributed by atoms with van der Waals surface area (Å²) in [6.45, 7) is 1.74. The molecule has 0 heterocycles. The van der Waals surface area contributed by atoms with E-state index in [1.807, 2.05) is 14.1 Å². The standard InChI is InChI=1S/C4H12N2.CH2S2.Na/c1-6(2)4-3-5;2-1-3;/h3-5H2,1-2H3;1H,(H,2,3);/q;;+1/p-1. The molecule has 0 aromatic heterocycles. The molecule has 0 aromatic carbocycles. The smallest absolute Gasteiger partial charge is 0.436 e. The van der Waals surface area contributed by atoms with E-state index in [9.17, 15) is 0 Å². The largest absolute Gasteiger partial charge is 1.00 e. The maximum atomic E-state index is 5.19. The van der Waals surface area contributed by atoms with Gasteiger partial charge in [-0.05, 0) is 14.1 Å². The number of thiocarbonyl (C=S) groups is 1. The van der Waals surface area contributed by atoms with Gasteiger partial charge in [0, 0.05) is 13.1 Å². The molecule has 0 bridgehead atoms. The summed E-state index contributed by atoms with van der Waals surface area (Å²) in [6, 6.07) is 0. The van der Waals surface area contributed by atoms with E-state index in [0.29, 0.717) is 0 Å². The fourth-order valence-corrected chi connectivity index (χ4v) is 0.258. The Balaban J connectivity index is -0.000000107. The van der Waals surface area contributed by atoms with Crippen LogP contribution in [0.15, 0.2) is 0 Å². The van der Waals surface area contributed by atoms with E-state index < -0.39 is 0 Å². The van der Waals surface area contributed by atoms with Crippen LogP contribution in [0.4, 0.5) is 0 Å². The van der Waals surface area contributed by atoms with E-state index in [2.05, 4.69) is 29.7 Å². The molecule has 0 aliphatic rings. The summed E-state index contributed by atoms with van der Waals surface area (Å²) in [5.74, 6) is 0. The molecular weight excluding hydrogens is 175 g/mol. The second-order valence-corrected chi connectivity index (χ2v) is 2.46. The molecule has 0 rings (SSSR count). The van der Waals surface area contributed by atoms with Crippen molar-refractivity contribution in [2.24, 2.45) is 5.73 Å². The normalized spacial score (nSPS) is 7.20. The van der Waals surface area contributed by atoms with Crippen LogP contribution in [0.5, 0.6) is 0 Å². The van der Waals surface area contributed by atoms with Crippen molar-refractivity contribution in [3.63, 3.8) is 0 Å². The predicted molar refractivity (Wildman–Crippen MR) is 48.6 cm³/mol. The maximum absolute atomic E-state index is 5.19. The van der Waals surface area contributed by atoms with Gasteiger partial charge >= 0.3 is 29.6 Å². The van der Waals surface area contributed by atoms with Crippen molar-refractivity contribution in [2.75, 3.05) is 27.2 Å². The van der Waals surface area contributed by atoms with Gasteiger partial charge in [-0.3, -0.25) is 0 Å². The first-order chi connectivity index (χ1) is 4.18. The molecule has 0 fully saturated rings. The van der Waals surface area contributed by atoms with E-state index in [-0.39, 0.29) is 29.6 Å². The van der Waals surface area contributed by atoms with Gasteiger partial charge in [-0.2, -0.15) is 4.70 Å². The van der Waals surface area contributed by atoms with E-state index in [0.717, 1.165) is 13.1 Å². The van der Waals surface area contributed by atoms with Crippen LogP contribution in [0.25, 0.3) is 0 Å². The number of hydrogen-bond donors (Lipinski definition) is 1. The van der Waals surface area contributed by atoms with Crippen LogP contribution in [0.3, 0.4) is 0 Å². The maximum Gasteiger partial charge on any atom is 1.00 e. The summed E-state index contributed by atoms with van der Waals surface area (Å²) in [4.78, 5) is 2.06. The summed E-state index contributed by atoms with van der Waals surface area (Å²) >= 11 is 8.17. The number of rotatable bonds is 2. The van der Waals surface area contributed by atoms with E-state index in [1.54, 1.807) is 0 Å². The van der Waals surface area contributed by atoms with Crippen molar-refractivity contribution < 1.29 is 29.6 Å². The molecule has 5 heteroatoms. The Morgan fingerprint density at radius 1 is 1.60 bits per heavy atom. The average Bonchev–Trinajstić information content (AvgIpc) is 1.67. The second kappa shape index (κ2) is 16.7. The third kappa shape index (κ3) is 34.9. The summed E-state index contributed by atoms with van der Waals surface area (Å²) in [6.07, 6.45) is 0. The molecule has 2 N–H and O–H groups in total. The van der Waals surface area contributed by atoms with E-state index >= 15 is 0 Å². The average molecular weight is 188 g/mol. The van der Waals surface area contributed by atoms with Gasteiger partial charge in [0.05, 0.1) is 0 Å². The van der Waals surface area contributed by atoms with Crippen molar-refractivity contribution >= 4 is 29.5 Å². The topological polar surface area (TPSA) is 29.3 Å². The van der Waals surface area contributed by atoms with E-state index in [1.165, 1.54) is 4.70 Å². The molecule has 0 aliphatic carbocycles. The van der Waals surface area contributed by atoms with Crippen LogP contribution in [-0.2, 0) is 12.6 Å². The molecule has 0 spiro atoms. The Labute approximate surface area is 96.2 Å². The van der Waals surface area contributed by atoms with Crippen LogP contribution in [0.2, 0.25) is 0 Å². The predicted octanol–water partition coefficient (Wildman–Crippen LogP) is -3.00. The quantitative estimate of drug-likeness (QED) is 0.284. The molecule has 0 saturated heterocycles. The first kappa shape index (κ1) is 17.4. The van der Waals surface area contributed by atoms with Crippen molar-refractivity contribution in [2.45, 2.75) is 0 Å². The third-order valence-electron chi connectivity index (χ3n) is 0.576. The number of hydrogen-bond acceptors (Lipinski definition) is 4. The van der Waals surface area contributed by atoms with Gasteiger partial charge in [0.15, 0.2) is 0 Å². The van der Waals surface area contributed by atoms with Crippen molar-refractivity contribution in [1.29, 1.82) is 0 Å². The molecular formula is C5H13N2NaS2. The summed E-state index contributed by atoms with van der Waals surface area (Å²) in [5, 5.41) is 0. The van der Waals surface area contributed by atoms with E-state index in [4.69, 9.17) is 5.73 Å². The van der Waals surface area contributed by atoms with Crippen LogP contribution in [0, 0.1) is 0 Å². The zero-order valence-electron chi connectivity index (χ0n) is 6.83. The Morgan fingerprint density at radius 3 is 1.90 bits per heavy atom. The van der Waals surface area contributed by atoms with Gasteiger partial charge in [0.2, 0.25) is 0 Å². The molecule has 0 aliphatic heterocycles. The Bertz CT molecular complexity index is 61.6. The SMILES string of the molecule is CN(C)CCN.S=C[S-].[Na+]. The molecule has 0 aromatic rings. The Hall–Kier alpha value is 1.23.